The highest BCUT2D eigenvalue weighted by molar-refractivity contribution is 5.94. The topological polar surface area (TPSA) is 44.4 Å². The van der Waals surface area contributed by atoms with E-state index in [1.807, 2.05) is 6.07 Å². The smallest absolute Gasteiger partial charge is 0.251 e. The quantitative estimate of drug-likeness (QED) is 0.694. The van der Waals surface area contributed by atoms with Crippen molar-refractivity contribution in [1.29, 1.82) is 0 Å². The van der Waals surface area contributed by atoms with Gasteiger partial charge in [0.25, 0.3) is 5.91 Å². The molecular formula is C23H35Cl2N3O. The molecule has 1 aliphatic heterocycles. The molecule has 0 bridgehead atoms. The minimum Gasteiger partial charge on any atom is -0.349 e. The molecule has 162 valence electrons. The number of carbonyl (C=O) groups is 1. The lowest BCUT2D eigenvalue weighted by Gasteiger charge is -2.32. The normalized spacial score (nSPS) is 27.7. The Morgan fingerprint density at radius 2 is 1.66 bits per heavy atom. The largest absolute Gasteiger partial charge is 0.349 e. The number of rotatable bonds is 6. The zero-order valence-electron chi connectivity index (χ0n) is 17.1. The molecule has 1 amide bonds. The second kappa shape index (κ2) is 10.00. The summed E-state index contributed by atoms with van der Waals surface area (Å²) in [6.45, 7) is 2.55. The fourth-order valence-electron chi connectivity index (χ4n) is 5.17. The first-order valence-corrected chi connectivity index (χ1v) is 11.2. The van der Waals surface area contributed by atoms with Crippen molar-refractivity contribution in [2.24, 2.45) is 0 Å². The van der Waals surface area contributed by atoms with Gasteiger partial charge in [-0.2, -0.15) is 0 Å². The summed E-state index contributed by atoms with van der Waals surface area (Å²) in [6.07, 6.45) is 11.4. The van der Waals surface area contributed by atoms with Gasteiger partial charge in [-0.1, -0.05) is 25.0 Å². The Bertz CT molecular complexity index is 682. The first-order chi connectivity index (χ1) is 13.3. The molecule has 1 aromatic carbocycles. The SMILES string of the molecule is Cl.Cl.O=C(NC1CCCC1)c1cccc(C2CC2NC2CCN(C3CC3)CC2)c1. The first-order valence-electron chi connectivity index (χ1n) is 11.2. The summed E-state index contributed by atoms with van der Waals surface area (Å²) < 4.78 is 0. The maximum Gasteiger partial charge on any atom is 0.251 e. The van der Waals surface area contributed by atoms with Crippen LogP contribution in [0.3, 0.4) is 0 Å². The zero-order valence-corrected chi connectivity index (χ0v) is 18.8. The molecule has 1 heterocycles. The van der Waals surface area contributed by atoms with E-state index in [9.17, 15) is 4.79 Å². The predicted octanol–water partition coefficient (Wildman–Crippen LogP) is 4.27. The Morgan fingerprint density at radius 3 is 2.34 bits per heavy atom. The van der Waals surface area contributed by atoms with Crippen LogP contribution in [-0.4, -0.2) is 48.1 Å². The van der Waals surface area contributed by atoms with E-state index < -0.39 is 0 Å². The zero-order chi connectivity index (χ0) is 18.2. The van der Waals surface area contributed by atoms with Crippen LogP contribution in [0.4, 0.5) is 0 Å². The van der Waals surface area contributed by atoms with Crippen LogP contribution in [0.1, 0.15) is 79.6 Å². The number of benzene rings is 1. The molecule has 0 radical (unpaired) electrons. The molecule has 5 rings (SSSR count). The molecule has 29 heavy (non-hydrogen) atoms. The maximum atomic E-state index is 12.6. The molecule has 4 aliphatic rings. The van der Waals surface area contributed by atoms with E-state index in [2.05, 4.69) is 33.7 Å². The summed E-state index contributed by atoms with van der Waals surface area (Å²) in [4.78, 5) is 15.2. The van der Waals surface area contributed by atoms with Crippen molar-refractivity contribution in [2.45, 2.75) is 87.9 Å². The summed E-state index contributed by atoms with van der Waals surface area (Å²) >= 11 is 0. The molecule has 2 unspecified atom stereocenters. The van der Waals surface area contributed by atoms with Crippen molar-refractivity contribution in [3.8, 4) is 0 Å². The van der Waals surface area contributed by atoms with Gasteiger partial charge in [-0.3, -0.25) is 4.79 Å². The van der Waals surface area contributed by atoms with E-state index >= 15 is 0 Å². The lowest BCUT2D eigenvalue weighted by Crippen LogP contribution is -2.44. The number of likely N-dealkylation sites (tertiary alicyclic amines) is 1. The van der Waals surface area contributed by atoms with Crippen LogP contribution in [0, 0.1) is 0 Å². The second-order valence-electron chi connectivity index (χ2n) is 9.24. The van der Waals surface area contributed by atoms with Crippen molar-refractivity contribution >= 4 is 30.7 Å². The van der Waals surface area contributed by atoms with Crippen LogP contribution in [0.2, 0.25) is 0 Å². The Hall–Kier alpha value is -0.810. The van der Waals surface area contributed by atoms with E-state index in [1.165, 1.54) is 63.6 Å². The van der Waals surface area contributed by atoms with Gasteiger partial charge in [-0.15, -0.1) is 24.8 Å². The van der Waals surface area contributed by atoms with Crippen LogP contribution in [0.15, 0.2) is 24.3 Å². The van der Waals surface area contributed by atoms with E-state index in [4.69, 9.17) is 0 Å². The van der Waals surface area contributed by atoms with Crippen LogP contribution in [-0.2, 0) is 0 Å². The third kappa shape index (κ3) is 5.66. The molecule has 1 aromatic rings. The highest BCUT2D eigenvalue weighted by Gasteiger charge is 2.40. The van der Waals surface area contributed by atoms with Crippen LogP contribution in [0.25, 0.3) is 0 Å². The number of hydrogen-bond acceptors (Lipinski definition) is 3. The number of amides is 1. The summed E-state index contributed by atoms with van der Waals surface area (Å²) in [5.74, 6) is 0.701. The van der Waals surface area contributed by atoms with E-state index in [0.717, 1.165) is 24.4 Å². The monoisotopic (exact) mass is 439 g/mol. The lowest BCUT2D eigenvalue weighted by molar-refractivity contribution is 0.0938. The average molecular weight is 440 g/mol. The minimum atomic E-state index is 0. The Morgan fingerprint density at radius 1 is 0.931 bits per heavy atom. The minimum absolute atomic E-state index is 0. The summed E-state index contributed by atoms with van der Waals surface area (Å²) in [5.41, 5.74) is 2.17. The Balaban J connectivity index is 0.00000120. The number of piperidine rings is 1. The van der Waals surface area contributed by atoms with Gasteiger partial charge in [0.15, 0.2) is 0 Å². The lowest BCUT2D eigenvalue weighted by atomic mass is 10.0. The fourth-order valence-corrected chi connectivity index (χ4v) is 5.17. The van der Waals surface area contributed by atoms with Gasteiger partial charge in [-0.25, -0.2) is 0 Å². The van der Waals surface area contributed by atoms with Gasteiger partial charge in [0.1, 0.15) is 0 Å². The Labute approximate surface area is 187 Å². The summed E-state index contributed by atoms with van der Waals surface area (Å²) in [5, 5.41) is 7.12. The molecule has 4 fully saturated rings. The molecule has 3 saturated carbocycles. The van der Waals surface area contributed by atoms with E-state index in [0.29, 0.717) is 24.0 Å². The van der Waals surface area contributed by atoms with Crippen molar-refractivity contribution in [1.82, 2.24) is 15.5 Å². The third-order valence-electron chi connectivity index (χ3n) is 7.10. The number of hydrogen-bond donors (Lipinski definition) is 2. The van der Waals surface area contributed by atoms with Gasteiger partial charge in [0.05, 0.1) is 0 Å². The Kier molecular flexibility index (Phi) is 7.88. The first kappa shape index (κ1) is 22.9. The summed E-state index contributed by atoms with van der Waals surface area (Å²) in [6, 6.07) is 10.9. The molecule has 0 spiro atoms. The second-order valence-corrected chi connectivity index (χ2v) is 9.24. The van der Waals surface area contributed by atoms with Crippen molar-refractivity contribution in [3.05, 3.63) is 35.4 Å². The van der Waals surface area contributed by atoms with Crippen LogP contribution >= 0.6 is 24.8 Å². The fraction of sp³-hybridized carbons (Fsp3) is 0.696. The summed E-state index contributed by atoms with van der Waals surface area (Å²) in [7, 11) is 0. The van der Waals surface area contributed by atoms with Crippen LogP contribution in [0.5, 0.6) is 0 Å². The standard InChI is InChI=1S/C23H33N3O.2ClH/c27-23(25-18-6-1-2-7-18)17-5-3-4-16(14-17)21-15-22(21)24-19-10-12-26(13-11-19)20-8-9-20;;/h3-5,14,18-22,24H,1-2,6-13,15H2,(H,25,27);2*1H. The molecule has 2 atom stereocenters. The van der Waals surface area contributed by atoms with E-state index in [1.54, 1.807) is 0 Å². The highest BCUT2D eigenvalue weighted by atomic mass is 35.5. The molecule has 3 aliphatic carbocycles. The number of halogens is 2. The van der Waals surface area contributed by atoms with Gasteiger partial charge >= 0.3 is 0 Å². The van der Waals surface area contributed by atoms with Crippen molar-refractivity contribution < 1.29 is 4.79 Å². The number of nitrogens with one attached hydrogen (secondary N) is 2. The van der Waals surface area contributed by atoms with Gasteiger partial charge in [0.2, 0.25) is 0 Å². The van der Waals surface area contributed by atoms with Crippen molar-refractivity contribution in [2.75, 3.05) is 13.1 Å². The van der Waals surface area contributed by atoms with Crippen molar-refractivity contribution in [3.63, 3.8) is 0 Å². The molecular weight excluding hydrogens is 405 g/mol. The van der Waals surface area contributed by atoms with Gasteiger partial charge in [0, 0.05) is 35.6 Å². The van der Waals surface area contributed by atoms with Gasteiger partial charge in [-0.05, 0) is 75.7 Å². The molecule has 0 aromatic heterocycles. The predicted molar refractivity (Wildman–Crippen MR) is 123 cm³/mol. The number of nitrogens with zero attached hydrogens (tertiary/aromatic N) is 1. The average Bonchev–Trinajstić information content (AvgIpc) is 3.62. The molecule has 4 nitrogen and oxygen atoms in total. The third-order valence-corrected chi connectivity index (χ3v) is 7.10. The maximum absolute atomic E-state index is 12.6. The molecule has 1 saturated heterocycles. The molecule has 6 heteroatoms. The molecule has 2 N–H and O–H groups in total. The highest BCUT2D eigenvalue weighted by Crippen LogP contribution is 2.42. The van der Waals surface area contributed by atoms with E-state index in [-0.39, 0.29) is 30.7 Å². The van der Waals surface area contributed by atoms with Gasteiger partial charge < -0.3 is 15.5 Å². The van der Waals surface area contributed by atoms with Crippen LogP contribution < -0.4 is 10.6 Å². The number of carbonyl (C=O) groups excluding carboxylic acids is 1.